The maximum absolute atomic E-state index is 6.04. The molecule has 2 atom stereocenters. The fourth-order valence-corrected chi connectivity index (χ4v) is 2.97. The molecule has 2 nitrogen and oxygen atoms in total. The molecule has 1 saturated heterocycles. The van der Waals surface area contributed by atoms with Gasteiger partial charge in [0.05, 0.1) is 0 Å². The van der Waals surface area contributed by atoms with Crippen molar-refractivity contribution in [1.29, 1.82) is 0 Å². The molecule has 2 aliphatic rings. The molecule has 0 bridgehead atoms. The summed E-state index contributed by atoms with van der Waals surface area (Å²) in [6.45, 7) is 3.21. The summed E-state index contributed by atoms with van der Waals surface area (Å²) in [6.07, 6.45) is 3.67. The summed E-state index contributed by atoms with van der Waals surface area (Å²) in [4.78, 5) is 2.52. The van der Waals surface area contributed by atoms with Gasteiger partial charge in [-0.2, -0.15) is 0 Å². The molecule has 15 heavy (non-hydrogen) atoms. The van der Waals surface area contributed by atoms with E-state index in [9.17, 15) is 0 Å². The molecule has 0 aromatic heterocycles. The zero-order valence-electron chi connectivity index (χ0n) is 9.24. The molecule has 2 aliphatic heterocycles. The summed E-state index contributed by atoms with van der Waals surface area (Å²) < 4.78 is 0. The van der Waals surface area contributed by atoms with Crippen LogP contribution in [0.3, 0.4) is 0 Å². The third-order valence-electron chi connectivity index (χ3n) is 3.74. The van der Waals surface area contributed by atoms with Crippen LogP contribution in [0.25, 0.3) is 0 Å². The van der Waals surface area contributed by atoms with Gasteiger partial charge in [-0.1, -0.05) is 17.7 Å². The summed E-state index contributed by atoms with van der Waals surface area (Å²) in [7, 11) is 0. The van der Waals surface area contributed by atoms with Gasteiger partial charge in [0.1, 0.15) is 0 Å². The van der Waals surface area contributed by atoms with Crippen LogP contribution in [0, 0.1) is 6.92 Å². The number of anilines is 1. The first-order chi connectivity index (χ1) is 7.24. The van der Waals surface area contributed by atoms with E-state index in [1.807, 2.05) is 0 Å². The van der Waals surface area contributed by atoms with Gasteiger partial charge >= 0.3 is 0 Å². The number of piperidine rings is 1. The number of hydrogen-bond acceptors (Lipinski definition) is 2. The van der Waals surface area contributed by atoms with Gasteiger partial charge < -0.3 is 10.6 Å². The van der Waals surface area contributed by atoms with Crippen LogP contribution in [0.4, 0.5) is 5.69 Å². The van der Waals surface area contributed by atoms with Gasteiger partial charge in [0.25, 0.3) is 0 Å². The molecule has 2 unspecified atom stereocenters. The molecule has 1 fully saturated rings. The van der Waals surface area contributed by atoms with E-state index in [4.69, 9.17) is 5.73 Å². The van der Waals surface area contributed by atoms with Crippen LogP contribution in [-0.2, 0) is 6.42 Å². The molecular weight excluding hydrogens is 184 g/mol. The third kappa shape index (κ3) is 1.44. The van der Waals surface area contributed by atoms with E-state index < -0.39 is 0 Å². The molecule has 2 heterocycles. The Morgan fingerprint density at radius 3 is 3.07 bits per heavy atom. The van der Waals surface area contributed by atoms with Crippen molar-refractivity contribution in [3.8, 4) is 0 Å². The summed E-state index contributed by atoms with van der Waals surface area (Å²) >= 11 is 0. The average molecular weight is 202 g/mol. The van der Waals surface area contributed by atoms with E-state index in [1.54, 1.807) is 0 Å². The van der Waals surface area contributed by atoms with Gasteiger partial charge in [-0.3, -0.25) is 0 Å². The lowest BCUT2D eigenvalue weighted by atomic mass is 9.98. The number of hydrogen-bond donors (Lipinski definition) is 1. The Kier molecular flexibility index (Phi) is 1.99. The lowest BCUT2D eigenvalue weighted by Gasteiger charge is -2.35. The molecule has 2 N–H and O–H groups in total. The van der Waals surface area contributed by atoms with Gasteiger partial charge in [-0.25, -0.2) is 0 Å². The highest BCUT2D eigenvalue weighted by molar-refractivity contribution is 5.61. The van der Waals surface area contributed by atoms with E-state index in [2.05, 4.69) is 30.0 Å². The highest BCUT2D eigenvalue weighted by Crippen LogP contribution is 2.36. The topological polar surface area (TPSA) is 29.3 Å². The molecular formula is C13H18N2. The van der Waals surface area contributed by atoms with Gasteiger partial charge in [0, 0.05) is 24.3 Å². The van der Waals surface area contributed by atoms with Crippen LogP contribution in [0.2, 0.25) is 0 Å². The van der Waals surface area contributed by atoms with Crippen molar-refractivity contribution < 1.29 is 0 Å². The van der Waals surface area contributed by atoms with Crippen molar-refractivity contribution in [3.63, 3.8) is 0 Å². The first kappa shape index (κ1) is 9.22. The fourth-order valence-electron chi connectivity index (χ4n) is 2.97. The Morgan fingerprint density at radius 2 is 2.20 bits per heavy atom. The highest BCUT2D eigenvalue weighted by Gasteiger charge is 2.33. The van der Waals surface area contributed by atoms with Crippen LogP contribution < -0.4 is 10.6 Å². The zero-order valence-corrected chi connectivity index (χ0v) is 9.24. The second kappa shape index (κ2) is 3.24. The number of aryl methyl sites for hydroxylation is 1. The molecule has 0 spiro atoms. The monoisotopic (exact) mass is 202 g/mol. The Bertz CT molecular complexity index is 386. The van der Waals surface area contributed by atoms with E-state index >= 15 is 0 Å². The van der Waals surface area contributed by atoms with Crippen molar-refractivity contribution in [2.75, 3.05) is 11.4 Å². The summed E-state index contributed by atoms with van der Waals surface area (Å²) in [6, 6.07) is 7.90. The lowest BCUT2D eigenvalue weighted by Crippen LogP contribution is -2.47. The number of fused-ring (bicyclic) bond motifs is 3. The van der Waals surface area contributed by atoms with Crippen molar-refractivity contribution >= 4 is 5.69 Å². The van der Waals surface area contributed by atoms with Crippen molar-refractivity contribution in [2.24, 2.45) is 5.73 Å². The minimum Gasteiger partial charge on any atom is -0.366 e. The number of benzene rings is 1. The Balaban J connectivity index is 1.97. The first-order valence-electron chi connectivity index (χ1n) is 5.86. The molecule has 0 amide bonds. The third-order valence-corrected chi connectivity index (χ3v) is 3.74. The van der Waals surface area contributed by atoms with Crippen molar-refractivity contribution in [1.82, 2.24) is 0 Å². The summed E-state index contributed by atoms with van der Waals surface area (Å²) in [5.41, 5.74) is 10.4. The number of rotatable bonds is 0. The highest BCUT2D eigenvalue weighted by atomic mass is 15.2. The van der Waals surface area contributed by atoms with Gasteiger partial charge in [0.2, 0.25) is 0 Å². The molecule has 0 radical (unpaired) electrons. The van der Waals surface area contributed by atoms with Crippen LogP contribution >= 0.6 is 0 Å². The van der Waals surface area contributed by atoms with Crippen LogP contribution in [-0.4, -0.2) is 18.6 Å². The van der Waals surface area contributed by atoms with Gasteiger partial charge in [-0.15, -0.1) is 0 Å². The number of nitrogens with two attached hydrogens (primary N) is 1. The van der Waals surface area contributed by atoms with Crippen molar-refractivity contribution in [3.05, 3.63) is 29.3 Å². The molecule has 2 heteroatoms. The standard InChI is InChI=1S/C13H18N2/c1-9-2-5-13-10(6-9)7-12-4-3-11(14)8-15(12)13/h2,5-6,11-12H,3-4,7-8,14H2,1H3. The largest absolute Gasteiger partial charge is 0.366 e. The number of nitrogens with zero attached hydrogens (tertiary/aromatic N) is 1. The minimum absolute atomic E-state index is 0.369. The molecule has 1 aromatic rings. The predicted octanol–water partition coefficient (Wildman–Crippen LogP) is 1.85. The van der Waals surface area contributed by atoms with E-state index in [0.29, 0.717) is 6.04 Å². The minimum atomic E-state index is 0.369. The lowest BCUT2D eigenvalue weighted by molar-refractivity contribution is 0.433. The van der Waals surface area contributed by atoms with Crippen LogP contribution in [0.15, 0.2) is 18.2 Å². The summed E-state index contributed by atoms with van der Waals surface area (Å²) in [5.74, 6) is 0. The SMILES string of the molecule is Cc1ccc2c(c1)CC1CCC(N)CN21. The predicted molar refractivity (Wildman–Crippen MR) is 63.2 cm³/mol. The normalized spacial score (nSPS) is 28.8. The van der Waals surface area contributed by atoms with E-state index in [0.717, 1.165) is 12.6 Å². The zero-order chi connectivity index (χ0) is 10.4. The quantitative estimate of drug-likeness (QED) is 0.695. The maximum atomic E-state index is 6.04. The average Bonchev–Trinajstić information content (AvgIpc) is 2.54. The van der Waals surface area contributed by atoms with Gasteiger partial charge in [-0.05, 0) is 37.8 Å². The maximum Gasteiger partial charge on any atom is 0.0402 e. The molecule has 0 saturated carbocycles. The van der Waals surface area contributed by atoms with Crippen molar-refractivity contribution in [2.45, 2.75) is 38.3 Å². The van der Waals surface area contributed by atoms with Gasteiger partial charge in [0.15, 0.2) is 0 Å². The Morgan fingerprint density at radius 1 is 1.33 bits per heavy atom. The van der Waals surface area contributed by atoms with E-state index in [-0.39, 0.29) is 0 Å². The Labute approximate surface area is 91.1 Å². The smallest absolute Gasteiger partial charge is 0.0402 e. The molecule has 3 rings (SSSR count). The fraction of sp³-hybridized carbons (Fsp3) is 0.538. The van der Waals surface area contributed by atoms with E-state index in [1.165, 1.54) is 36.1 Å². The molecule has 80 valence electrons. The molecule has 0 aliphatic carbocycles. The van der Waals surface area contributed by atoms with Crippen LogP contribution in [0.1, 0.15) is 24.0 Å². The second-order valence-corrected chi connectivity index (χ2v) is 4.98. The Hall–Kier alpha value is -1.02. The first-order valence-corrected chi connectivity index (χ1v) is 5.86. The molecule has 1 aromatic carbocycles. The second-order valence-electron chi connectivity index (χ2n) is 4.98. The summed E-state index contributed by atoms with van der Waals surface area (Å²) in [5, 5.41) is 0. The van der Waals surface area contributed by atoms with Crippen LogP contribution in [0.5, 0.6) is 0 Å².